The molecule has 0 fully saturated rings. The lowest BCUT2D eigenvalue weighted by molar-refractivity contribution is 0.328. The van der Waals surface area contributed by atoms with Gasteiger partial charge in [0.05, 0.1) is 10.6 Å². The summed E-state index contributed by atoms with van der Waals surface area (Å²) in [6, 6.07) is 7.94. The van der Waals surface area contributed by atoms with Crippen molar-refractivity contribution in [1.82, 2.24) is 0 Å². The Labute approximate surface area is 118 Å². The molecule has 0 aromatic heterocycles. The molecular formula is C14H24O3SSi. The number of hydrogen-bond acceptors (Lipinski definition) is 3. The van der Waals surface area contributed by atoms with Crippen molar-refractivity contribution in [2.75, 3.05) is 12.4 Å². The molecule has 108 valence electrons. The molecular weight excluding hydrogens is 276 g/mol. The molecule has 0 aliphatic rings. The molecule has 0 heterocycles. The highest BCUT2D eigenvalue weighted by Crippen LogP contribution is 2.18. The molecule has 1 rings (SSSR count). The van der Waals surface area contributed by atoms with Crippen molar-refractivity contribution in [2.24, 2.45) is 0 Å². The monoisotopic (exact) mass is 300 g/mol. The molecule has 0 saturated carbocycles. The molecule has 0 spiro atoms. The maximum Gasteiger partial charge on any atom is 0.186 e. The molecule has 0 unspecified atom stereocenters. The summed E-state index contributed by atoms with van der Waals surface area (Å²) < 4.78 is 30.0. The molecule has 1 aromatic carbocycles. The summed E-state index contributed by atoms with van der Waals surface area (Å²) in [7, 11) is -4.83. The van der Waals surface area contributed by atoms with Gasteiger partial charge in [-0.2, -0.15) is 0 Å². The van der Waals surface area contributed by atoms with E-state index in [9.17, 15) is 8.42 Å². The van der Waals surface area contributed by atoms with Gasteiger partial charge in [0.2, 0.25) is 0 Å². The molecule has 5 heteroatoms. The lowest BCUT2D eigenvalue weighted by Gasteiger charge is -2.21. The van der Waals surface area contributed by atoms with Crippen molar-refractivity contribution < 1.29 is 12.8 Å². The molecule has 3 nitrogen and oxygen atoms in total. The van der Waals surface area contributed by atoms with Gasteiger partial charge in [0.15, 0.2) is 18.2 Å². The van der Waals surface area contributed by atoms with Crippen LogP contribution in [0.5, 0.6) is 0 Å². The molecule has 0 amide bonds. The third-order valence-corrected chi connectivity index (χ3v) is 7.55. The highest BCUT2D eigenvalue weighted by Gasteiger charge is 2.23. The Hall–Kier alpha value is -0.653. The summed E-state index contributed by atoms with van der Waals surface area (Å²) in [5.41, 5.74) is 1.07. The van der Waals surface area contributed by atoms with Gasteiger partial charge in [0.25, 0.3) is 0 Å². The van der Waals surface area contributed by atoms with E-state index in [1.165, 1.54) is 0 Å². The molecule has 19 heavy (non-hydrogen) atoms. The number of sulfone groups is 1. The van der Waals surface area contributed by atoms with Crippen LogP contribution in [0, 0.1) is 6.92 Å². The van der Waals surface area contributed by atoms with Crippen molar-refractivity contribution in [3.8, 4) is 0 Å². The van der Waals surface area contributed by atoms with Gasteiger partial charge in [-0.3, -0.25) is 0 Å². The Morgan fingerprint density at radius 3 is 2.26 bits per heavy atom. The zero-order valence-corrected chi connectivity index (χ0v) is 14.1. The molecule has 0 aliphatic heterocycles. The minimum atomic E-state index is -3.15. The number of aryl methyl sites for hydroxylation is 1. The lowest BCUT2D eigenvalue weighted by Crippen LogP contribution is -2.30. The maximum absolute atomic E-state index is 12.2. The van der Waals surface area contributed by atoms with E-state index < -0.39 is 18.2 Å². The van der Waals surface area contributed by atoms with Crippen LogP contribution >= 0.6 is 0 Å². The highest BCUT2D eigenvalue weighted by molar-refractivity contribution is 7.91. The van der Waals surface area contributed by atoms with Crippen LogP contribution in [0.2, 0.25) is 19.1 Å². The van der Waals surface area contributed by atoms with Gasteiger partial charge in [-0.1, -0.05) is 17.7 Å². The van der Waals surface area contributed by atoms with Crippen molar-refractivity contribution in [3.63, 3.8) is 0 Å². The first-order valence-electron chi connectivity index (χ1n) is 6.70. The van der Waals surface area contributed by atoms with Gasteiger partial charge in [0.1, 0.15) is 0 Å². The van der Waals surface area contributed by atoms with Crippen LogP contribution < -0.4 is 0 Å². The second-order valence-corrected chi connectivity index (χ2v) is 11.8. The minimum Gasteiger partial charge on any atom is -0.418 e. The van der Waals surface area contributed by atoms with Crippen LogP contribution in [0.3, 0.4) is 0 Å². The van der Waals surface area contributed by atoms with Crippen molar-refractivity contribution in [1.29, 1.82) is 0 Å². The molecule has 0 saturated heterocycles. The topological polar surface area (TPSA) is 43.4 Å². The zero-order valence-electron chi connectivity index (χ0n) is 12.3. The summed E-state index contributed by atoms with van der Waals surface area (Å²) in [5, 5.41) is 0. The summed E-state index contributed by atoms with van der Waals surface area (Å²) >= 11 is 0. The Kier molecular flexibility index (Phi) is 5.76. The van der Waals surface area contributed by atoms with E-state index in [1.54, 1.807) is 12.1 Å². The molecule has 1 aromatic rings. The molecule has 0 N–H and O–H groups in total. The number of rotatable bonds is 7. The minimum absolute atomic E-state index is 0.208. The average Bonchev–Trinajstić information content (AvgIpc) is 2.28. The first-order valence-corrected chi connectivity index (χ1v) is 11.5. The molecule has 0 aliphatic carbocycles. The van der Waals surface area contributed by atoms with Crippen LogP contribution in [0.25, 0.3) is 0 Å². The molecule has 0 atom stereocenters. The van der Waals surface area contributed by atoms with Gasteiger partial charge < -0.3 is 4.43 Å². The molecule has 0 bridgehead atoms. The second kappa shape index (κ2) is 6.68. The van der Waals surface area contributed by atoms with Gasteiger partial charge in [0, 0.05) is 6.61 Å². The largest absolute Gasteiger partial charge is 0.418 e. The average molecular weight is 300 g/mol. The summed E-state index contributed by atoms with van der Waals surface area (Å²) in [6.07, 6.45) is 0.676. The van der Waals surface area contributed by atoms with E-state index in [1.807, 2.05) is 26.0 Å². The number of benzene rings is 1. The van der Waals surface area contributed by atoms with Crippen LogP contribution in [-0.2, 0) is 14.3 Å². The van der Waals surface area contributed by atoms with E-state index in [2.05, 4.69) is 13.1 Å². The summed E-state index contributed by atoms with van der Waals surface area (Å²) in [4.78, 5) is 0.425. The maximum atomic E-state index is 12.2. The van der Waals surface area contributed by atoms with Gasteiger partial charge in [-0.25, -0.2) is 8.42 Å². The summed E-state index contributed by atoms with van der Waals surface area (Å²) in [6.45, 7) is 8.92. The van der Waals surface area contributed by atoms with E-state index in [-0.39, 0.29) is 5.75 Å². The Bertz CT molecular complexity index is 492. The van der Waals surface area contributed by atoms with E-state index >= 15 is 0 Å². The van der Waals surface area contributed by atoms with E-state index in [0.717, 1.165) is 11.6 Å². The predicted octanol–water partition coefficient (Wildman–Crippen LogP) is 3.40. The van der Waals surface area contributed by atoms with Crippen molar-refractivity contribution in [3.05, 3.63) is 29.8 Å². The van der Waals surface area contributed by atoms with Gasteiger partial charge >= 0.3 is 0 Å². The summed E-state index contributed by atoms with van der Waals surface area (Å²) in [5.74, 6) is 0.208. The molecule has 0 radical (unpaired) electrons. The van der Waals surface area contributed by atoms with Crippen LogP contribution in [0.15, 0.2) is 29.2 Å². The second-order valence-electron chi connectivity index (χ2n) is 5.43. The Morgan fingerprint density at radius 2 is 1.74 bits per heavy atom. The van der Waals surface area contributed by atoms with Gasteiger partial charge in [-0.15, -0.1) is 0 Å². The quantitative estimate of drug-likeness (QED) is 0.725. The van der Waals surface area contributed by atoms with Crippen LogP contribution in [0.4, 0.5) is 0 Å². The predicted molar refractivity (Wildman–Crippen MR) is 81.8 cm³/mol. The first-order chi connectivity index (χ1) is 8.77. The number of hydrogen-bond donors (Lipinski definition) is 0. The SMILES string of the molecule is CCO[Si](C)(C)CCCS(=O)(=O)c1ccc(C)cc1. The highest BCUT2D eigenvalue weighted by atomic mass is 32.2. The lowest BCUT2D eigenvalue weighted by atomic mass is 10.2. The van der Waals surface area contributed by atoms with E-state index in [4.69, 9.17) is 4.43 Å². The Morgan fingerprint density at radius 1 is 1.16 bits per heavy atom. The first kappa shape index (κ1) is 16.4. The zero-order chi connectivity index (χ0) is 14.5. The fourth-order valence-corrected chi connectivity index (χ4v) is 5.54. The fraction of sp³-hybridized carbons (Fsp3) is 0.571. The van der Waals surface area contributed by atoms with Crippen LogP contribution in [0.1, 0.15) is 18.9 Å². The standard InChI is InChI=1S/C14H24O3SSi/c1-5-17-19(3,4)12-6-11-18(15,16)14-9-7-13(2)8-10-14/h7-10H,5-6,11-12H2,1-4H3. The smallest absolute Gasteiger partial charge is 0.186 e. The third kappa shape index (κ3) is 5.46. The van der Waals surface area contributed by atoms with Gasteiger partial charge in [-0.05, 0) is 51.5 Å². The fourth-order valence-electron chi connectivity index (χ4n) is 2.01. The van der Waals surface area contributed by atoms with Crippen molar-refractivity contribution in [2.45, 2.75) is 44.3 Å². The van der Waals surface area contributed by atoms with E-state index in [0.29, 0.717) is 17.9 Å². The van der Waals surface area contributed by atoms with Crippen molar-refractivity contribution >= 4 is 18.2 Å². The van der Waals surface area contributed by atoms with Crippen LogP contribution in [-0.4, -0.2) is 29.1 Å². The Balaban J connectivity index is 2.59. The third-order valence-electron chi connectivity index (χ3n) is 3.11. The normalized spacial score (nSPS) is 12.6.